The largest absolute Gasteiger partial charge is 0.393 e. The molecule has 4 saturated carbocycles. The number of unbranched alkanes of at least 4 members (excludes halogenated alkanes) is 13. The summed E-state index contributed by atoms with van der Waals surface area (Å²) in [4.78, 5) is 32.4. The minimum atomic E-state index is -4.54. The molecule has 6 N–H and O–H groups in total. The van der Waals surface area contributed by atoms with Crippen molar-refractivity contribution in [3.05, 3.63) is 0 Å². The first kappa shape index (κ1) is 48.2. The number of hydrogen-bond acceptors (Lipinski definition) is 8. The summed E-state index contributed by atoms with van der Waals surface area (Å²) in [5.74, 6) is -0.0903. The van der Waals surface area contributed by atoms with Gasteiger partial charge in [0.2, 0.25) is 0 Å². The number of ether oxygens (including phenoxy) is 2. The van der Waals surface area contributed by atoms with Crippen LogP contribution in [0.25, 0.3) is 0 Å². The molecule has 0 spiro atoms. The molecule has 4 fully saturated rings. The van der Waals surface area contributed by atoms with E-state index in [0.29, 0.717) is 32.5 Å². The molecular weight excluding hydrogens is 731 g/mol. The van der Waals surface area contributed by atoms with Gasteiger partial charge in [0, 0.05) is 19.6 Å². The molecule has 0 aromatic carbocycles. The molecule has 14 atom stereocenters. The highest BCUT2D eigenvalue weighted by atomic mass is 31.2. The van der Waals surface area contributed by atoms with E-state index in [1.165, 1.54) is 77.0 Å². The van der Waals surface area contributed by atoms with E-state index in [2.05, 4.69) is 20.8 Å². The number of aliphatic hydroxyl groups is 4. The van der Waals surface area contributed by atoms with E-state index in [4.69, 9.17) is 9.47 Å². The van der Waals surface area contributed by atoms with E-state index < -0.39 is 54.6 Å². The molecule has 4 aliphatic carbocycles. The third-order valence-corrected chi connectivity index (χ3v) is 17.4. The first-order valence-corrected chi connectivity index (χ1v) is 24.8. The topological polar surface area (TPSA) is 174 Å². The Hall–Kier alpha value is -0.420. The Morgan fingerprint density at radius 2 is 1.38 bits per heavy atom. The Bertz CT molecular complexity index is 1180. The molecule has 328 valence electrons. The van der Waals surface area contributed by atoms with Crippen LogP contribution in [0.3, 0.4) is 0 Å². The molecule has 4 aliphatic rings. The Morgan fingerprint density at radius 1 is 0.768 bits per heavy atom. The van der Waals surface area contributed by atoms with Crippen LogP contribution < -0.4 is 0 Å². The molecule has 0 heterocycles. The van der Waals surface area contributed by atoms with Gasteiger partial charge < -0.3 is 44.5 Å². The van der Waals surface area contributed by atoms with Gasteiger partial charge >= 0.3 is 7.60 Å². The third kappa shape index (κ3) is 12.1. The monoisotopic (exact) mass is 815 g/mol. The van der Waals surface area contributed by atoms with Crippen molar-refractivity contribution in [3.63, 3.8) is 0 Å². The van der Waals surface area contributed by atoms with Crippen molar-refractivity contribution in [1.82, 2.24) is 0 Å². The molecule has 0 saturated heterocycles. The molecule has 0 aromatic rings. The van der Waals surface area contributed by atoms with Crippen molar-refractivity contribution < 1.29 is 49.0 Å². The van der Waals surface area contributed by atoms with Gasteiger partial charge in [-0.2, -0.15) is 0 Å². The van der Waals surface area contributed by atoms with Crippen molar-refractivity contribution in [3.8, 4) is 0 Å². The van der Waals surface area contributed by atoms with E-state index in [9.17, 15) is 39.6 Å². The lowest BCUT2D eigenvalue weighted by molar-refractivity contribution is -0.206. The highest BCUT2D eigenvalue weighted by Crippen LogP contribution is 2.71. The summed E-state index contributed by atoms with van der Waals surface area (Å²) >= 11 is 0. The fraction of sp³-hybridized carbons (Fsp3) is 0.978. The van der Waals surface area contributed by atoms with E-state index in [1.807, 2.05) is 6.92 Å². The van der Waals surface area contributed by atoms with Gasteiger partial charge in [-0.3, -0.25) is 4.57 Å². The van der Waals surface area contributed by atoms with Crippen LogP contribution in [0, 0.1) is 46.3 Å². The van der Waals surface area contributed by atoms with Gasteiger partial charge in [-0.25, -0.2) is 0 Å². The summed E-state index contributed by atoms with van der Waals surface area (Å²) in [6.45, 7) is 9.78. The molecule has 1 unspecified atom stereocenters. The van der Waals surface area contributed by atoms with Crippen LogP contribution in [0.4, 0.5) is 0 Å². The van der Waals surface area contributed by atoms with Crippen LogP contribution in [0.1, 0.15) is 175 Å². The van der Waals surface area contributed by atoms with Crippen LogP contribution in [0.15, 0.2) is 0 Å². The standard InChI is InChI=1S/C45H83O10P/c1-5-6-7-8-9-10-11-12-13-14-15-16-17-18-25-54-31-39(49)40(23-24-46)55-26-19-20-32(2)35-21-22-36-43-37(30-41(50)45(35,36)4)44(3)33(28-38(43)48)27-34(47)29-42(44)56(51,52)53/h24,32-43,47-50H,5-23,25-31H2,1-4H3,(H2,51,52,53)/t32-,33+,34+,35-,36+,37+,38-,39-,40+,41+,42?,43+,44+,45-/m1/s1. The summed E-state index contributed by atoms with van der Waals surface area (Å²) < 4.78 is 24.7. The van der Waals surface area contributed by atoms with Crippen LogP contribution in [-0.4, -0.2) is 92.5 Å². The average molecular weight is 815 g/mol. The maximum Gasteiger partial charge on any atom is 0.329 e. The highest BCUT2D eigenvalue weighted by molar-refractivity contribution is 7.52. The second-order valence-electron chi connectivity index (χ2n) is 19.4. The van der Waals surface area contributed by atoms with Crippen LogP contribution in [0.2, 0.25) is 0 Å². The first-order chi connectivity index (χ1) is 26.7. The minimum Gasteiger partial charge on any atom is -0.393 e. The summed E-state index contributed by atoms with van der Waals surface area (Å²) in [6.07, 6.45) is 20.2. The number of aliphatic hydroxyl groups excluding tert-OH is 4. The van der Waals surface area contributed by atoms with Gasteiger partial charge in [-0.1, -0.05) is 111 Å². The van der Waals surface area contributed by atoms with E-state index in [0.717, 1.165) is 44.8 Å². The second-order valence-corrected chi connectivity index (χ2v) is 21.2. The van der Waals surface area contributed by atoms with Crippen molar-refractivity contribution in [2.75, 3.05) is 19.8 Å². The number of fused-ring (bicyclic) bond motifs is 5. The van der Waals surface area contributed by atoms with E-state index in [1.54, 1.807) is 0 Å². The van der Waals surface area contributed by atoms with Crippen LogP contribution in [0.5, 0.6) is 0 Å². The Labute approximate surface area is 339 Å². The molecule has 0 radical (unpaired) electrons. The zero-order chi connectivity index (χ0) is 40.9. The fourth-order valence-corrected chi connectivity index (χ4v) is 14.3. The van der Waals surface area contributed by atoms with Gasteiger partial charge in [0.25, 0.3) is 0 Å². The smallest absolute Gasteiger partial charge is 0.329 e. The predicted molar refractivity (Wildman–Crippen MR) is 221 cm³/mol. The average Bonchev–Trinajstić information content (AvgIpc) is 3.51. The highest BCUT2D eigenvalue weighted by Gasteiger charge is 2.69. The van der Waals surface area contributed by atoms with Gasteiger partial charge in [0.1, 0.15) is 12.4 Å². The molecule has 0 aromatic heterocycles. The van der Waals surface area contributed by atoms with Crippen molar-refractivity contribution in [1.29, 1.82) is 0 Å². The quantitative estimate of drug-likeness (QED) is 0.0269. The molecule has 0 bridgehead atoms. The second kappa shape index (κ2) is 23.0. The van der Waals surface area contributed by atoms with Crippen LogP contribution >= 0.6 is 7.60 Å². The number of aldehydes is 1. The molecule has 10 nitrogen and oxygen atoms in total. The molecule has 4 rings (SSSR count). The van der Waals surface area contributed by atoms with Gasteiger partial charge in [-0.15, -0.1) is 0 Å². The maximum absolute atomic E-state index is 12.9. The van der Waals surface area contributed by atoms with E-state index >= 15 is 0 Å². The molecule has 11 heteroatoms. The number of carbonyl (C=O) groups excluding carboxylic acids is 1. The van der Waals surface area contributed by atoms with Gasteiger partial charge in [-0.05, 0) is 104 Å². The van der Waals surface area contributed by atoms with Crippen molar-refractivity contribution >= 4 is 13.9 Å². The van der Waals surface area contributed by atoms with Gasteiger partial charge in [0.05, 0.1) is 36.7 Å². The van der Waals surface area contributed by atoms with Crippen molar-refractivity contribution in [2.45, 2.75) is 212 Å². The summed E-state index contributed by atoms with van der Waals surface area (Å²) in [6, 6.07) is 0. The molecule has 0 aliphatic heterocycles. The summed E-state index contributed by atoms with van der Waals surface area (Å²) in [5.41, 5.74) is -2.19. The normalized spacial score (nSPS) is 36.0. The van der Waals surface area contributed by atoms with Gasteiger partial charge in [0.15, 0.2) is 0 Å². The Morgan fingerprint density at radius 3 is 1.96 bits per heavy atom. The SMILES string of the molecule is CCCCCCCCCCCCCCCCOC[C@@H](O)[C@H](CC=O)OCCC[C@@H](C)[C@H]1CC[C@H]2[C@@H]3[C@H](O)C[C@@H]4C[C@H](O)CC(P(=O)(O)O)[C@]4(C)[C@H]3C[C@H](O)[C@]12C. The Kier molecular flexibility index (Phi) is 19.8. The predicted octanol–water partition coefficient (Wildman–Crippen LogP) is 8.35. The molecule has 0 amide bonds. The first-order valence-electron chi connectivity index (χ1n) is 23.1. The summed E-state index contributed by atoms with van der Waals surface area (Å²) in [7, 11) is -4.54. The van der Waals surface area contributed by atoms with E-state index in [-0.39, 0.29) is 55.0 Å². The third-order valence-electron chi connectivity index (χ3n) is 15.8. The zero-order valence-electron chi connectivity index (χ0n) is 35.7. The lowest BCUT2D eigenvalue weighted by atomic mass is 9.43. The lowest BCUT2D eigenvalue weighted by Gasteiger charge is -2.65. The zero-order valence-corrected chi connectivity index (χ0v) is 36.5. The number of carbonyl (C=O) groups is 1. The molecular formula is C45H83O10P. The minimum absolute atomic E-state index is 0.0358. The van der Waals surface area contributed by atoms with Crippen LogP contribution in [-0.2, 0) is 18.8 Å². The molecule has 56 heavy (non-hydrogen) atoms. The lowest BCUT2D eigenvalue weighted by Crippen LogP contribution is -2.65. The number of rotatable bonds is 27. The van der Waals surface area contributed by atoms with Crippen molar-refractivity contribution in [2.24, 2.45) is 46.3 Å². The Balaban J connectivity index is 1.16. The maximum atomic E-state index is 12.9. The summed E-state index contributed by atoms with van der Waals surface area (Å²) in [5, 5.41) is 45.0. The fourth-order valence-electron chi connectivity index (χ4n) is 12.7. The number of hydrogen-bond donors (Lipinski definition) is 6.